The summed E-state index contributed by atoms with van der Waals surface area (Å²) >= 11 is 12.3. The Kier molecular flexibility index (Phi) is 4.72. The van der Waals surface area contributed by atoms with E-state index >= 15 is 0 Å². The molecule has 2 aliphatic rings. The molecule has 0 bridgehead atoms. The highest BCUT2D eigenvalue weighted by Gasteiger charge is 2.24. The van der Waals surface area contributed by atoms with Crippen LogP contribution in [0.2, 0.25) is 10.0 Å². The third kappa shape index (κ3) is 3.53. The second-order valence-corrected chi connectivity index (χ2v) is 6.83. The molecule has 3 nitrogen and oxygen atoms in total. The van der Waals surface area contributed by atoms with Crippen LogP contribution < -0.4 is 5.32 Å². The Hall–Kier alpha value is -0.770. The van der Waals surface area contributed by atoms with Crippen molar-refractivity contribution in [3.63, 3.8) is 0 Å². The lowest BCUT2D eigenvalue weighted by Crippen LogP contribution is -2.36. The fourth-order valence-electron chi connectivity index (χ4n) is 3.24. The van der Waals surface area contributed by atoms with Gasteiger partial charge in [0.15, 0.2) is 0 Å². The zero-order valence-corrected chi connectivity index (χ0v) is 13.5. The molecule has 1 N–H and O–H groups in total. The van der Waals surface area contributed by atoms with E-state index in [0.29, 0.717) is 28.9 Å². The molecule has 1 unspecified atom stereocenters. The predicted molar refractivity (Wildman–Crippen MR) is 85.8 cm³/mol. The minimum absolute atomic E-state index is 0.249. The number of nitrogens with zero attached hydrogens (tertiary/aromatic N) is 1. The number of hydrogen-bond donors (Lipinski definition) is 1. The van der Waals surface area contributed by atoms with E-state index in [1.54, 1.807) is 6.07 Å². The maximum atomic E-state index is 12.4. The highest BCUT2D eigenvalue weighted by atomic mass is 35.5. The van der Waals surface area contributed by atoms with Gasteiger partial charge in [-0.15, -0.1) is 0 Å². The van der Waals surface area contributed by atoms with Gasteiger partial charge in [-0.1, -0.05) is 23.2 Å². The first-order valence-electron chi connectivity index (χ1n) is 7.59. The zero-order valence-electron chi connectivity index (χ0n) is 12.0. The highest BCUT2D eigenvalue weighted by Crippen LogP contribution is 2.30. The van der Waals surface area contributed by atoms with Crippen LogP contribution in [0.1, 0.15) is 30.4 Å². The maximum absolute atomic E-state index is 12.4. The average Bonchev–Trinajstić information content (AvgIpc) is 2.97. The van der Waals surface area contributed by atoms with Crippen LogP contribution in [0, 0.1) is 5.92 Å². The van der Waals surface area contributed by atoms with Crippen LogP contribution in [0.15, 0.2) is 12.1 Å². The van der Waals surface area contributed by atoms with Crippen molar-refractivity contribution >= 4 is 29.1 Å². The summed E-state index contributed by atoms with van der Waals surface area (Å²) in [4.78, 5) is 14.3. The van der Waals surface area contributed by atoms with Crippen LogP contribution in [0.3, 0.4) is 0 Å². The van der Waals surface area contributed by atoms with Crippen molar-refractivity contribution in [1.82, 2.24) is 10.2 Å². The molecule has 1 aromatic carbocycles. The van der Waals surface area contributed by atoms with Gasteiger partial charge in [-0.25, -0.2) is 0 Å². The highest BCUT2D eigenvalue weighted by molar-refractivity contribution is 6.35. The number of fused-ring (bicyclic) bond motifs is 1. The molecule has 2 heterocycles. The lowest BCUT2D eigenvalue weighted by atomic mass is 9.98. The Morgan fingerprint density at radius 2 is 2.24 bits per heavy atom. The number of rotatable bonds is 3. The molecule has 5 heteroatoms. The van der Waals surface area contributed by atoms with E-state index in [-0.39, 0.29) is 5.91 Å². The van der Waals surface area contributed by atoms with E-state index in [0.717, 1.165) is 38.0 Å². The fourth-order valence-corrected chi connectivity index (χ4v) is 3.84. The number of amides is 1. The molecule has 3 rings (SSSR count). The quantitative estimate of drug-likeness (QED) is 0.924. The van der Waals surface area contributed by atoms with Crippen molar-refractivity contribution in [1.29, 1.82) is 0 Å². The van der Waals surface area contributed by atoms with Crippen molar-refractivity contribution in [3.8, 4) is 0 Å². The topological polar surface area (TPSA) is 32.3 Å². The fraction of sp³-hybridized carbons (Fsp3) is 0.562. The molecule has 1 amide bonds. The van der Waals surface area contributed by atoms with Gasteiger partial charge in [0, 0.05) is 29.6 Å². The molecule has 0 saturated carbocycles. The van der Waals surface area contributed by atoms with E-state index < -0.39 is 0 Å². The van der Waals surface area contributed by atoms with Crippen molar-refractivity contribution < 1.29 is 4.79 Å². The van der Waals surface area contributed by atoms with Crippen molar-refractivity contribution in [2.45, 2.75) is 32.2 Å². The molecule has 1 aromatic rings. The number of halogens is 2. The van der Waals surface area contributed by atoms with Gasteiger partial charge in [-0.05, 0) is 61.5 Å². The number of hydrogen-bond acceptors (Lipinski definition) is 2. The molecular formula is C16H20Cl2N2O. The average molecular weight is 327 g/mol. The first-order valence-corrected chi connectivity index (χ1v) is 8.34. The van der Waals surface area contributed by atoms with E-state index in [9.17, 15) is 4.79 Å². The third-order valence-electron chi connectivity index (χ3n) is 4.53. The summed E-state index contributed by atoms with van der Waals surface area (Å²) in [5.74, 6) is 0.909. The minimum atomic E-state index is 0.249. The maximum Gasteiger partial charge on any atom is 0.222 e. The normalized spacial score (nSPS) is 21.4. The summed E-state index contributed by atoms with van der Waals surface area (Å²) in [6, 6.07) is 3.73. The number of nitrogens with one attached hydrogen (secondary N) is 1. The monoisotopic (exact) mass is 326 g/mol. The summed E-state index contributed by atoms with van der Waals surface area (Å²) in [5.41, 5.74) is 2.24. The van der Waals surface area contributed by atoms with Crippen molar-refractivity contribution in [2.75, 3.05) is 19.6 Å². The van der Waals surface area contributed by atoms with Gasteiger partial charge in [0.05, 0.1) is 0 Å². The summed E-state index contributed by atoms with van der Waals surface area (Å²) in [5, 5.41) is 4.70. The van der Waals surface area contributed by atoms with Crippen LogP contribution in [0.25, 0.3) is 0 Å². The predicted octanol–water partition coefficient (Wildman–Crippen LogP) is 3.27. The molecule has 0 radical (unpaired) electrons. The minimum Gasteiger partial charge on any atom is -0.338 e. The lowest BCUT2D eigenvalue weighted by molar-refractivity contribution is -0.132. The van der Waals surface area contributed by atoms with Crippen LogP contribution in [-0.2, 0) is 17.8 Å². The molecule has 1 saturated heterocycles. The second kappa shape index (κ2) is 6.55. The van der Waals surface area contributed by atoms with Crippen LogP contribution >= 0.6 is 23.2 Å². The van der Waals surface area contributed by atoms with Crippen LogP contribution in [-0.4, -0.2) is 30.4 Å². The van der Waals surface area contributed by atoms with Gasteiger partial charge in [0.2, 0.25) is 5.91 Å². The summed E-state index contributed by atoms with van der Waals surface area (Å²) in [6.45, 7) is 3.53. The smallest absolute Gasteiger partial charge is 0.222 e. The summed E-state index contributed by atoms with van der Waals surface area (Å²) < 4.78 is 0. The molecule has 21 heavy (non-hydrogen) atoms. The van der Waals surface area contributed by atoms with E-state index in [1.807, 2.05) is 11.0 Å². The number of benzene rings is 1. The number of carbonyl (C=O) groups is 1. The standard InChI is InChI=1S/C16H20Cl2N2O/c17-13-7-12-4-6-20(10-14(12)15(18)8-13)16(21)2-1-11-3-5-19-9-11/h7-8,11,19H,1-6,9-10H2. The summed E-state index contributed by atoms with van der Waals surface area (Å²) in [7, 11) is 0. The van der Waals surface area contributed by atoms with Crippen molar-refractivity contribution in [2.24, 2.45) is 5.92 Å². The van der Waals surface area contributed by atoms with Crippen molar-refractivity contribution in [3.05, 3.63) is 33.3 Å². The Labute approximate surface area is 135 Å². The Bertz CT molecular complexity index is 541. The SMILES string of the molecule is O=C(CCC1CCNC1)N1CCc2cc(Cl)cc(Cl)c2C1. The molecule has 0 aliphatic carbocycles. The molecule has 1 fully saturated rings. The molecule has 0 spiro atoms. The first kappa shape index (κ1) is 15.1. The summed E-state index contributed by atoms with van der Waals surface area (Å²) in [6.07, 6.45) is 3.67. The molecule has 2 aliphatic heterocycles. The van der Waals surface area contributed by atoms with E-state index in [4.69, 9.17) is 23.2 Å². The number of carbonyl (C=O) groups excluding carboxylic acids is 1. The first-order chi connectivity index (χ1) is 10.1. The van der Waals surface area contributed by atoms with Gasteiger partial charge >= 0.3 is 0 Å². The van der Waals surface area contributed by atoms with Crippen LogP contribution in [0.5, 0.6) is 0 Å². The lowest BCUT2D eigenvalue weighted by Gasteiger charge is -2.30. The Morgan fingerprint density at radius 1 is 1.38 bits per heavy atom. The molecular weight excluding hydrogens is 307 g/mol. The van der Waals surface area contributed by atoms with E-state index in [2.05, 4.69) is 5.32 Å². The molecule has 0 aromatic heterocycles. The second-order valence-electron chi connectivity index (χ2n) is 5.99. The Morgan fingerprint density at radius 3 is 3.00 bits per heavy atom. The van der Waals surface area contributed by atoms with Gasteiger partial charge in [0.1, 0.15) is 0 Å². The Balaban J connectivity index is 1.61. The van der Waals surface area contributed by atoms with Gasteiger partial charge in [-0.3, -0.25) is 4.79 Å². The van der Waals surface area contributed by atoms with E-state index in [1.165, 1.54) is 12.0 Å². The molecule has 114 valence electrons. The van der Waals surface area contributed by atoms with Crippen LogP contribution in [0.4, 0.5) is 0 Å². The van der Waals surface area contributed by atoms with Gasteiger partial charge in [-0.2, -0.15) is 0 Å². The largest absolute Gasteiger partial charge is 0.338 e. The molecule has 1 atom stereocenters. The zero-order chi connectivity index (χ0) is 14.8. The van der Waals surface area contributed by atoms with Gasteiger partial charge in [0.25, 0.3) is 0 Å². The third-order valence-corrected chi connectivity index (χ3v) is 5.09. The van der Waals surface area contributed by atoms with Gasteiger partial charge < -0.3 is 10.2 Å².